The Labute approximate surface area is 142 Å². The summed E-state index contributed by atoms with van der Waals surface area (Å²) >= 11 is 0. The number of rotatable bonds is 4. The molecule has 2 fully saturated rings. The fourth-order valence-corrected chi connectivity index (χ4v) is 4.08. The van der Waals surface area contributed by atoms with Crippen molar-refractivity contribution in [1.82, 2.24) is 14.7 Å². The maximum absolute atomic E-state index is 10.3. The van der Waals surface area contributed by atoms with Crippen molar-refractivity contribution in [1.29, 1.82) is 0 Å². The Balaban J connectivity index is 1.46. The summed E-state index contributed by atoms with van der Waals surface area (Å²) in [4.78, 5) is 2.49. The minimum Gasteiger partial charge on any atom is -0.393 e. The summed E-state index contributed by atoms with van der Waals surface area (Å²) in [5.74, 6) is 0.355. The van der Waals surface area contributed by atoms with Gasteiger partial charge in [-0.05, 0) is 36.6 Å². The van der Waals surface area contributed by atoms with E-state index >= 15 is 0 Å². The summed E-state index contributed by atoms with van der Waals surface area (Å²) < 4.78 is 7.59. The molecule has 0 bridgehead atoms. The van der Waals surface area contributed by atoms with Crippen LogP contribution in [0.3, 0.4) is 0 Å². The van der Waals surface area contributed by atoms with Gasteiger partial charge in [-0.2, -0.15) is 5.10 Å². The van der Waals surface area contributed by atoms with Crippen LogP contribution in [0.25, 0.3) is 5.69 Å². The minimum atomic E-state index is -0.165. The number of aromatic nitrogens is 2. The Hall–Kier alpha value is -1.69. The molecule has 1 aromatic carbocycles. The zero-order chi connectivity index (χ0) is 16.4. The monoisotopic (exact) mass is 327 g/mol. The van der Waals surface area contributed by atoms with E-state index in [1.165, 1.54) is 5.56 Å². The average Bonchev–Trinajstić information content (AvgIpc) is 3.28. The lowest BCUT2D eigenvalue weighted by atomic mass is 9.94. The molecule has 1 N–H and O–H groups in total. The fraction of sp³-hybridized carbons (Fsp3) is 0.526. The third-order valence-electron chi connectivity index (χ3n) is 5.40. The van der Waals surface area contributed by atoms with Gasteiger partial charge in [0.15, 0.2) is 0 Å². The number of aliphatic hydroxyl groups is 1. The molecule has 5 heteroatoms. The van der Waals surface area contributed by atoms with E-state index in [1.807, 2.05) is 16.9 Å². The Kier molecular flexibility index (Phi) is 4.65. The number of morpholine rings is 1. The van der Waals surface area contributed by atoms with Crippen molar-refractivity contribution in [3.63, 3.8) is 0 Å². The first-order valence-electron chi connectivity index (χ1n) is 8.90. The molecule has 0 unspecified atom stereocenters. The molecular formula is C19H25N3O2. The summed E-state index contributed by atoms with van der Waals surface area (Å²) in [6.07, 6.45) is 6.77. The van der Waals surface area contributed by atoms with Crippen LogP contribution in [-0.2, 0) is 11.3 Å². The molecule has 4 rings (SSSR count). The Morgan fingerprint density at radius 1 is 1.21 bits per heavy atom. The second kappa shape index (κ2) is 7.05. The van der Waals surface area contributed by atoms with Crippen LogP contribution in [0.4, 0.5) is 0 Å². The van der Waals surface area contributed by atoms with Crippen molar-refractivity contribution >= 4 is 0 Å². The average molecular weight is 327 g/mol. The van der Waals surface area contributed by atoms with Crippen molar-refractivity contribution < 1.29 is 9.84 Å². The van der Waals surface area contributed by atoms with Crippen LogP contribution in [0.2, 0.25) is 0 Å². The van der Waals surface area contributed by atoms with Crippen LogP contribution in [0.1, 0.15) is 24.8 Å². The first kappa shape index (κ1) is 15.8. The standard InChI is InChI=1S/C19H25N3O2/c23-19-4-1-3-17(19)18-14-24-12-11-21(18)13-15-5-7-16(8-6-15)22-10-2-9-20-22/h2,5-10,17-19,23H,1,3-4,11-14H2/t17-,18+,19+/m0/s1. The number of hydrogen-bond acceptors (Lipinski definition) is 4. The fourth-order valence-electron chi connectivity index (χ4n) is 4.08. The van der Waals surface area contributed by atoms with Gasteiger partial charge in [0.25, 0.3) is 0 Å². The molecule has 1 aromatic heterocycles. The predicted molar refractivity (Wildman–Crippen MR) is 91.9 cm³/mol. The maximum atomic E-state index is 10.3. The Morgan fingerprint density at radius 3 is 2.79 bits per heavy atom. The molecule has 1 saturated heterocycles. The summed E-state index contributed by atoms with van der Waals surface area (Å²) in [6, 6.07) is 10.8. The van der Waals surface area contributed by atoms with Gasteiger partial charge >= 0.3 is 0 Å². The number of hydrogen-bond donors (Lipinski definition) is 1. The molecule has 2 heterocycles. The molecule has 2 aliphatic rings. The smallest absolute Gasteiger partial charge is 0.0645 e. The van der Waals surface area contributed by atoms with Gasteiger partial charge in [-0.15, -0.1) is 0 Å². The van der Waals surface area contributed by atoms with Crippen molar-refractivity contribution in [3.8, 4) is 5.69 Å². The molecule has 0 radical (unpaired) electrons. The predicted octanol–water partition coefficient (Wildman–Crippen LogP) is 2.23. The number of benzene rings is 1. The van der Waals surface area contributed by atoms with E-state index in [2.05, 4.69) is 34.3 Å². The molecule has 5 nitrogen and oxygen atoms in total. The van der Waals surface area contributed by atoms with Gasteiger partial charge in [-0.3, -0.25) is 4.90 Å². The molecule has 1 saturated carbocycles. The first-order valence-corrected chi connectivity index (χ1v) is 8.90. The second-order valence-electron chi connectivity index (χ2n) is 6.89. The molecule has 128 valence electrons. The molecule has 1 aliphatic heterocycles. The largest absolute Gasteiger partial charge is 0.393 e. The van der Waals surface area contributed by atoms with Gasteiger partial charge < -0.3 is 9.84 Å². The lowest BCUT2D eigenvalue weighted by Gasteiger charge is -2.40. The number of nitrogens with zero attached hydrogens (tertiary/aromatic N) is 3. The van der Waals surface area contributed by atoms with Crippen LogP contribution in [0, 0.1) is 5.92 Å². The molecule has 3 atom stereocenters. The Morgan fingerprint density at radius 2 is 2.08 bits per heavy atom. The molecular weight excluding hydrogens is 302 g/mol. The van der Waals surface area contributed by atoms with Crippen LogP contribution >= 0.6 is 0 Å². The van der Waals surface area contributed by atoms with Gasteiger partial charge in [0.05, 0.1) is 25.0 Å². The highest BCUT2D eigenvalue weighted by Gasteiger charge is 2.37. The quantitative estimate of drug-likeness (QED) is 0.936. The van der Waals surface area contributed by atoms with E-state index in [9.17, 15) is 5.11 Å². The van der Waals surface area contributed by atoms with Gasteiger partial charge in [0.2, 0.25) is 0 Å². The highest BCUT2D eigenvalue weighted by molar-refractivity contribution is 5.33. The van der Waals surface area contributed by atoms with Crippen molar-refractivity contribution in [3.05, 3.63) is 48.3 Å². The zero-order valence-electron chi connectivity index (χ0n) is 13.9. The normalized spacial score (nSPS) is 28.3. The highest BCUT2D eigenvalue weighted by atomic mass is 16.5. The van der Waals surface area contributed by atoms with Crippen LogP contribution in [0.15, 0.2) is 42.7 Å². The lowest BCUT2D eigenvalue weighted by molar-refractivity contribution is -0.0536. The molecule has 1 aliphatic carbocycles. The van der Waals surface area contributed by atoms with Crippen molar-refractivity contribution in [2.24, 2.45) is 5.92 Å². The van der Waals surface area contributed by atoms with Crippen molar-refractivity contribution in [2.75, 3.05) is 19.8 Å². The molecule has 2 aromatic rings. The summed E-state index contributed by atoms with van der Waals surface area (Å²) in [5, 5.41) is 14.5. The maximum Gasteiger partial charge on any atom is 0.0645 e. The highest BCUT2D eigenvalue weighted by Crippen LogP contribution is 2.32. The summed E-state index contributed by atoms with van der Waals surface area (Å²) in [7, 11) is 0. The lowest BCUT2D eigenvalue weighted by Crippen LogP contribution is -2.50. The first-order chi connectivity index (χ1) is 11.8. The van der Waals surface area contributed by atoms with Gasteiger partial charge in [-0.1, -0.05) is 18.6 Å². The van der Waals surface area contributed by atoms with Crippen LogP contribution in [0.5, 0.6) is 0 Å². The summed E-state index contributed by atoms with van der Waals surface area (Å²) in [6.45, 7) is 3.38. The van der Waals surface area contributed by atoms with Gasteiger partial charge in [-0.25, -0.2) is 4.68 Å². The van der Waals surface area contributed by atoms with Gasteiger partial charge in [0.1, 0.15) is 0 Å². The zero-order valence-corrected chi connectivity index (χ0v) is 13.9. The van der Waals surface area contributed by atoms with E-state index in [-0.39, 0.29) is 6.10 Å². The summed E-state index contributed by atoms with van der Waals surface area (Å²) in [5.41, 5.74) is 2.37. The van der Waals surface area contributed by atoms with Crippen LogP contribution < -0.4 is 0 Å². The van der Waals surface area contributed by atoms with E-state index < -0.39 is 0 Å². The third-order valence-corrected chi connectivity index (χ3v) is 5.40. The topological polar surface area (TPSA) is 50.5 Å². The van der Waals surface area contributed by atoms with E-state index in [0.29, 0.717) is 12.0 Å². The molecule has 24 heavy (non-hydrogen) atoms. The third kappa shape index (κ3) is 3.24. The van der Waals surface area contributed by atoms with E-state index in [1.54, 1.807) is 6.20 Å². The minimum absolute atomic E-state index is 0.165. The molecule has 0 spiro atoms. The van der Waals surface area contributed by atoms with E-state index in [4.69, 9.17) is 4.74 Å². The Bertz CT molecular complexity index is 641. The SMILES string of the molecule is O[C@@H]1CCC[C@H]1[C@H]1COCCN1Cc1ccc(-n2cccn2)cc1. The van der Waals surface area contributed by atoms with Gasteiger partial charge in [0, 0.05) is 37.4 Å². The number of ether oxygens (including phenoxy) is 1. The van der Waals surface area contributed by atoms with Crippen LogP contribution in [-0.4, -0.2) is 51.7 Å². The molecule has 0 amide bonds. The van der Waals surface area contributed by atoms with Crippen molar-refractivity contribution in [2.45, 2.75) is 38.0 Å². The number of aliphatic hydroxyl groups excluding tert-OH is 1. The van der Waals surface area contributed by atoms with E-state index in [0.717, 1.165) is 51.3 Å². The second-order valence-corrected chi connectivity index (χ2v) is 6.89.